The first-order chi connectivity index (χ1) is 8.88. The Morgan fingerprint density at radius 1 is 1.28 bits per heavy atom. The normalized spacial score (nSPS) is 17.9. The fraction of sp³-hybridized carbons (Fsp3) is 0.214. The molecule has 1 aromatic carbocycles. The van der Waals surface area contributed by atoms with Gasteiger partial charge in [-0.1, -0.05) is 12.1 Å². The first kappa shape index (κ1) is 11.4. The van der Waals surface area contributed by atoms with Gasteiger partial charge < -0.3 is 9.64 Å². The second kappa shape index (κ2) is 4.90. The second-order valence-electron chi connectivity index (χ2n) is 4.09. The largest absolute Gasteiger partial charge is 0.497 e. The molecule has 0 saturated heterocycles. The zero-order chi connectivity index (χ0) is 12.4. The van der Waals surface area contributed by atoms with E-state index in [9.17, 15) is 0 Å². The highest BCUT2D eigenvalue weighted by Gasteiger charge is 2.20. The second-order valence-corrected chi connectivity index (χ2v) is 4.94. The van der Waals surface area contributed by atoms with Gasteiger partial charge in [-0.3, -0.25) is 0 Å². The standard InChI is InChI=1S/C14H14N2OS/c1-17-12-6-4-11(5-7-12)13-3-2-8-16-9-10-18-15-14(13)16/h2-8H,9-10H2,1H3. The monoisotopic (exact) mass is 258 g/mol. The van der Waals surface area contributed by atoms with Crippen LogP contribution in [0.25, 0.3) is 5.57 Å². The van der Waals surface area contributed by atoms with Gasteiger partial charge in [0.15, 0.2) is 0 Å². The van der Waals surface area contributed by atoms with Crippen molar-refractivity contribution in [2.75, 3.05) is 19.4 Å². The molecule has 0 saturated carbocycles. The molecule has 2 heterocycles. The summed E-state index contributed by atoms with van der Waals surface area (Å²) in [5.74, 6) is 2.98. The predicted octanol–water partition coefficient (Wildman–Crippen LogP) is 2.97. The molecule has 0 spiro atoms. The first-order valence-electron chi connectivity index (χ1n) is 5.88. The molecule has 18 heavy (non-hydrogen) atoms. The minimum Gasteiger partial charge on any atom is -0.497 e. The van der Waals surface area contributed by atoms with Gasteiger partial charge in [0, 0.05) is 24.1 Å². The van der Waals surface area contributed by atoms with Gasteiger partial charge in [-0.15, -0.1) is 0 Å². The highest BCUT2D eigenvalue weighted by Crippen LogP contribution is 2.28. The highest BCUT2D eigenvalue weighted by molar-refractivity contribution is 7.98. The lowest BCUT2D eigenvalue weighted by Crippen LogP contribution is -2.32. The van der Waals surface area contributed by atoms with Crippen LogP contribution in [-0.2, 0) is 0 Å². The Morgan fingerprint density at radius 3 is 2.89 bits per heavy atom. The molecule has 0 N–H and O–H groups in total. The van der Waals surface area contributed by atoms with Crippen molar-refractivity contribution >= 4 is 23.4 Å². The Labute approximate surface area is 111 Å². The quantitative estimate of drug-likeness (QED) is 0.762. The van der Waals surface area contributed by atoms with Crippen LogP contribution in [0, 0.1) is 0 Å². The summed E-state index contributed by atoms with van der Waals surface area (Å²) in [4.78, 5) is 2.20. The number of hydrogen-bond acceptors (Lipinski definition) is 4. The van der Waals surface area contributed by atoms with Gasteiger partial charge in [0.05, 0.1) is 7.11 Å². The average Bonchev–Trinajstić information content (AvgIpc) is 2.47. The van der Waals surface area contributed by atoms with E-state index in [-0.39, 0.29) is 0 Å². The van der Waals surface area contributed by atoms with Gasteiger partial charge in [-0.25, -0.2) is 0 Å². The molecular weight excluding hydrogens is 244 g/mol. The van der Waals surface area contributed by atoms with E-state index in [0.29, 0.717) is 0 Å². The summed E-state index contributed by atoms with van der Waals surface area (Å²) in [6, 6.07) is 8.11. The van der Waals surface area contributed by atoms with Crippen LogP contribution >= 0.6 is 11.9 Å². The third-order valence-electron chi connectivity index (χ3n) is 3.02. The van der Waals surface area contributed by atoms with Crippen molar-refractivity contribution < 1.29 is 4.74 Å². The predicted molar refractivity (Wildman–Crippen MR) is 76.7 cm³/mol. The fourth-order valence-electron chi connectivity index (χ4n) is 2.07. The smallest absolute Gasteiger partial charge is 0.148 e. The van der Waals surface area contributed by atoms with Crippen molar-refractivity contribution in [3.05, 3.63) is 48.2 Å². The van der Waals surface area contributed by atoms with E-state index < -0.39 is 0 Å². The molecule has 0 bridgehead atoms. The molecule has 2 aliphatic heterocycles. The van der Waals surface area contributed by atoms with Gasteiger partial charge >= 0.3 is 0 Å². The van der Waals surface area contributed by atoms with Crippen molar-refractivity contribution in [2.24, 2.45) is 4.40 Å². The third-order valence-corrected chi connectivity index (χ3v) is 3.68. The van der Waals surface area contributed by atoms with Crippen molar-refractivity contribution in [3.63, 3.8) is 0 Å². The first-order valence-corrected chi connectivity index (χ1v) is 6.82. The summed E-state index contributed by atoms with van der Waals surface area (Å²) in [5, 5.41) is 0. The van der Waals surface area contributed by atoms with Gasteiger partial charge in [0.1, 0.15) is 11.6 Å². The highest BCUT2D eigenvalue weighted by atomic mass is 32.2. The van der Waals surface area contributed by atoms with E-state index in [2.05, 4.69) is 39.8 Å². The van der Waals surface area contributed by atoms with Gasteiger partial charge in [0.2, 0.25) is 0 Å². The average molecular weight is 258 g/mol. The van der Waals surface area contributed by atoms with Crippen molar-refractivity contribution in [2.45, 2.75) is 0 Å². The number of methoxy groups -OCH3 is 1. The van der Waals surface area contributed by atoms with Crippen LogP contribution < -0.4 is 4.74 Å². The van der Waals surface area contributed by atoms with E-state index in [0.717, 1.165) is 23.9 Å². The maximum absolute atomic E-state index is 5.18. The van der Waals surface area contributed by atoms with Crippen LogP contribution in [0.5, 0.6) is 5.75 Å². The number of ether oxygens (including phenoxy) is 1. The minimum atomic E-state index is 0.877. The third kappa shape index (κ3) is 2.04. The van der Waals surface area contributed by atoms with Crippen LogP contribution in [0.15, 0.2) is 47.0 Å². The number of hydrogen-bond donors (Lipinski definition) is 0. The van der Waals surface area contributed by atoms with Crippen LogP contribution in [0.4, 0.5) is 0 Å². The molecule has 0 fully saturated rings. The van der Waals surface area contributed by atoms with E-state index in [1.54, 1.807) is 19.1 Å². The Balaban J connectivity index is 1.96. The molecule has 3 nitrogen and oxygen atoms in total. The topological polar surface area (TPSA) is 24.8 Å². The molecule has 0 aliphatic carbocycles. The van der Waals surface area contributed by atoms with Crippen LogP contribution in [0.1, 0.15) is 5.56 Å². The Bertz CT molecular complexity index is 531. The van der Waals surface area contributed by atoms with E-state index >= 15 is 0 Å². The molecule has 0 radical (unpaired) electrons. The molecular formula is C14H14N2OS. The maximum Gasteiger partial charge on any atom is 0.148 e. The van der Waals surface area contributed by atoms with Gasteiger partial charge in [0.25, 0.3) is 0 Å². The summed E-state index contributed by atoms with van der Waals surface area (Å²) >= 11 is 1.63. The van der Waals surface area contributed by atoms with Crippen molar-refractivity contribution in [1.82, 2.24) is 4.90 Å². The van der Waals surface area contributed by atoms with E-state index in [1.807, 2.05) is 12.1 Å². The molecule has 0 unspecified atom stereocenters. The summed E-state index contributed by atoms with van der Waals surface area (Å²) in [7, 11) is 1.68. The number of amidine groups is 1. The SMILES string of the molecule is COc1ccc(C2=CC=CN3CCSN=C23)cc1. The van der Waals surface area contributed by atoms with Gasteiger partial charge in [-0.05, 0) is 41.8 Å². The molecule has 0 atom stereocenters. The summed E-state index contributed by atoms with van der Waals surface area (Å²) < 4.78 is 9.75. The molecule has 1 aromatic rings. The van der Waals surface area contributed by atoms with Crippen LogP contribution in [0.3, 0.4) is 0 Å². The zero-order valence-corrected chi connectivity index (χ0v) is 11.0. The molecule has 0 aromatic heterocycles. The van der Waals surface area contributed by atoms with Crippen molar-refractivity contribution in [3.8, 4) is 5.75 Å². The number of nitrogens with zero attached hydrogens (tertiary/aromatic N) is 2. The molecule has 4 heteroatoms. The Hall–Kier alpha value is -1.68. The summed E-state index contributed by atoms with van der Waals surface area (Å²) in [6.07, 6.45) is 6.28. The minimum absolute atomic E-state index is 0.877. The number of allylic oxidation sites excluding steroid dienone is 2. The van der Waals surface area contributed by atoms with Gasteiger partial charge in [-0.2, -0.15) is 4.40 Å². The van der Waals surface area contributed by atoms with Crippen LogP contribution in [0.2, 0.25) is 0 Å². The number of fused-ring (bicyclic) bond motifs is 1. The summed E-state index contributed by atoms with van der Waals surface area (Å²) in [6.45, 7) is 1.02. The van der Waals surface area contributed by atoms with E-state index in [4.69, 9.17) is 4.74 Å². The molecule has 2 aliphatic rings. The van der Waals surface area contributed by atoms with Crippen molar-refractivity contribution in [1.29, 1.82) is 0 Å². The Morgan fingerprint density at radius 2 is 2.11 bits per heavy atom. The number of rotatable bonds is 2. The number of benzene rings is 1. The lowest BCUT2D eigenvalue weighted by molar-refractivity contribution is 0.415. The lowest BCUT2D eigenvalue weighted by Gasteiger charge is -2.29. The fourth-order valence-corrected chi connectivity index (χ4v) is 2.76. The van der Waals surface area contributed by atoms with E-state index in [1.165, 1.54) is 11.1 Å². The molecule has 0 amide bonds. The zero-order valence-electron chi connectivity index (χ0n) is 10.2. The Kier molecular flexibility index (Phi) is 3.11. The molecule has 92 valence electrons. The maximum atomic E-state index is 5.18. The van der Waals surface area contributed by atoms with Crippen LogP contribution in [-0.4, -0.2) is 30.1 Å². The lowest BCUT2D eigenvalue weighted by atomic mass is 10.0. The summed E-state index contributed by atoms with van der Waals surface area (Å²) in [5.41, 5.74) is 2.35. The molecule has 3 rings (SSSR count).